The molecule has 0 spiro atoms. The van der Waals surface area contributed by atoms with Crippen LogP contribution in [0, 0.1) is 6.92 Å². The van der Waals surface area contributed by atoms with Crippen molar-refractivity contribution in [1.29, 1.82) is 0 Å². The van der Waals surface area contributed by atoms with Crippen LogP contribution in [-0.2, 0) is 22.7 Å². The van der Waals surface area contributed by atoms with Gasteiger partial charge in [0, 0.05) is 38.3 Å². The van der Waals surface area contributed by atoms with Crippen LogP contribution >= 0.6 is 0 Å². The lowest BCUT2D eigenvalue weighted by Crippen LogP contribution is -2.46. The lowest BCUT2D eigenvalue weighted by Gasteiger charge is -2.24. The van der Waals surface area contributed by atoms with Gasteiger partial charge < -0.3 is 10.2 Å². The van der Waals surface area contributed by atoms with Gasteiger partial charge in [-0.3, -0.25) is 14.3 Å². The summed E-state index contributed by atoms with van der Waals surface area (Å²) in [5, 5.41) is 7.01. The number of nitrogens with one attached hydrogen (secondary N) is 1. The number of nitrogens with zero attached hydrogens (tertiary/aromatic N) is 3. The Morgan fingerprint density at radius 2 is 2.10 bits per heavy atom. The Bertz CT molecular complexity index is 496. The summed E-state index contributed by atoms with van der Waals surface area (Å²) in [6.07, 6.45) is 3.29. The molecule has 0 saturated carbocycles. The van der Waals surface area contributed by atoms with E-state index < -0.39 is 6.04 Å². The van der Waals surface area contributed by atoms with Crippen LogP contribution in [0.4, 0.5) is 0 Å². The first-order valence-corrected chi connectivity index (χ1v) is 7.44. The summed E-state index contributed by atoms with van der Waals surface area (Å²) < 4.78 is 1.91. The quantitative estimate of drug-likeness (QED) is 0.828. The number of rotatable bonds is 7. The molecule has 1 rings (SSSR count). The van der Waals surface area contributed by atoms with Crippen molar-refractivity contribution in [3.63, 3.8) is 0 Å². The normalized spacial score (nSPS) is 12.0. The minimum Gasteiger partial charge on any atom is -0.345 e. The number of amides is 2. The molecule has 21 heavy (non-hydrogen) atoms. The molecule has 0 aliphatic rings. The molecule has 1 heterocycles. The highest BCUT2D eigenvalue weighted by Crippen LogP contribution is 2.11. The first kappa shape index (κ1) is 17.2. The third-order valence-electron chi connectivity index (χ3n) is 3.54. The minimum absolute atomic E-state index is 0.0595. The van der Waals surface area contributed by atoms with Crippen molar-refractivity contribution in [3.8, 4) is 0 Å². The minimum atomic E-state index is -0.445. The molecule has 1 unspecified atom stereocenters. The molecule has 0 aromatic carbocycles. The molecule has 6 nitrogen and oxygen atoms in total. The van der Waals surface area contributed by atoms with E-state index in [4.69, 9.17) is 0 Å². The Labute approximate surface area is 126 Å². The maximum atomic E-state index is 12.4. The second-order valence-electron chi connectivity index (χ2n) is 5.31. The number of carbonyl (C=O) groups excluding carboxylic acids is 2. The van der Waals surface area contributed by atoms with E-state index in [-0.39, 0.29) is 11.8 Å². The second kappa shape index (κ2) is 7.81. The Kier molecular flexibility index (Phi) is 6.39. The first-order chi connectivity index (χ1) is 9.90. The van der Waals surface area contributed by atoms with Gasteiger partial charge in [0.25, 0.3) is 0 Å². The number of carbonyl (C=O) groups is 2. The van der Waals surface area contributed by atoms with Crippen molar-refractivity contribution < 1.29 is 9.59 Å². The molecule has 0 bridgehead atoms. The summed E-state index contributed by atoms with van der Waals surface area (Å²) in [5.74, 6) is -0.235. The average Bonchev–Trinajstić information content (AvgIpc) is 2.77. The molecule has 0 aliphatic carbocycles. The molecule has 1 aromatic heterocycles. The number of hydrogen-bond donors (Lipinski definition) is 1. The van der Waals surface area contributed by atoms with Gasteiger partial charge in [-0.25, -0.2) is 0 Å². The molecule has 0 aliphatic heterocycles. The predicted molar refractivity (Wildman–Crippen MR) is 81.6 cm³/mol. The smallest absolute Gasteiger partial charge is 0.245 e. The van der Waals surface area contributed by atoms with Crippen LogP contribution in [0.3, 0.4) is 0 Å². The third kappa shape index (κ3) is 4.58. The Morgan fingerprint density at radius 1 is 1.43 bits per heavy atom. The molecular weight excluding hydrogens is 268 g/mol. The molecule has 1 N–H and O–H groups in total. The number of hydrogen-bond acceptors (Lipinski definition) is 3. The van der Waals surface area contributed by atoms with Gasteiger partial charge in [-0.05, 0) is 20.3 Å². The molecular formula is C15H26N4O2. The maximum Gasteiger partial charge on any atom is 0.245 e. The summed E-state index contributed by atoms with van der Waals surface area (Å²) in [5.41, 5.74) is 2.11. The van der Waals surface area contributed by atoms with Gasteiger partial charge in [-0.1, -0.05) is 13.3 Å². The van der Waals surface area contributed by atoms with Crippen molar-refractivity contribution in [3.05, 3.63) is 17.5 Å². The van der Waals surface area contributed by atoms with E-state index in [0.29, 0.717) is 13.0 Å². The summed E-state index contributed by atoms with van der Waals surface area (Å²) in [6, 6.07) is -0.445. The Morgan fingerprint density at radius 3 is 2.57 bits per heavy atom. The van der Waals surface area contributed by atoms with Gasteiger partial charge in [0.15, 0.2) is 0 Å². The fourth-order valence-electron chi connectivity index (χ4n) is 2.35. The Balaban J connectivity index is 2.75. The summed E-state index contributed by atoms with van der Waals surface area (Å²) in [6.45, 7) is 8.79. The molecule has 1 atom stereocenters. The van der Waals surface area contributed by atoms with Crippen LogP contribution in [0.25, 0.3) is 0 Å². The average molecular weight is 294 g/mol. The zero-order valence-corrected chi connectivity index (χ0v) is 13.6. The number of aryl methyl sites for hydroxylation is 1. The topological polar surface area (TPSA) is 67.2 Å². The van der Waals surface area contributed by atoms with Gasteiger partial charge in [0.05, 0.1) is 6.20 Å². The Hall–Kier alpha value is -1.85. The van der Waals surface area contributed by atoms with E-state index in [2.05, 4.69) is 10.4 Å². The van der Waals surface area contributed by atoms with Crippen LogP contribution in [0.5, 0.6) is 0 Å². The van der Waals surface area contributed by atoms with E-state index in [1.807, 2.05) is 25.5 Å². The second-order valence-corrected chi connectivity index (χ2v) is 5.31. The van der Waals surface area contributed by atoms with E-state index in [1.54, 1.807) is 18.1 Å². The van der Waals surface area contributed by atoms with Crippen LogP contribution < -0.4 is 5.32 Å². The fourth-order valence-corrected chi connectivity index (χ4v) is 2.35. The standard InChI is InChI=1S/C15H26N4O2/c1-6-8-14(17-12(4)20)15(21)18(5)10-13-9-16-19(7-2)11(13)3/h9,14H,6-8,10H2,1-5H3,(H,17,20). The fraction of sp³-hybridized carbons (Fsp3) is 0.667. The van der Waals surface area contributed by atoms with Gasteiger partial charge in [0.1, 0.15) is 6.04 Å². The van der Waals surface area contributed by atoms with Gasteiger partial charge in [0.2, 0.25) is 11.8 Å². The van der Waals surface area contributed by atoms with Crippen molar-refractivity contribution in [2.45, 2.75) is 59.7 Å². The number of aromatic nitrogens is 2. The molecule has 0 fully saturated rings. The molecule has 2 amide bonds. The van der Waals surface area contributed by atoms with Gasteiger partial charge in [-0.2, -0.15) is 5.10 Å². The molecule has 118 valence electrons. The van der Waals surface area contributed by atoms with Crippen molar-refractivity contribution in [2.24, 2.45) is 0 Å². The zero-order chi connectivity index (χ0) is 16.0. The first-order valence-electron chi connectivity index (χ1n) is 7.44. The monoisotopic (exact) mass is 294 g/mol. The highest BCUT2D eigenvalue weighted by atomic mass is 16.2. The van der Waals surface area contributed by atoms with E-state index in [1.165, 1.54) is 6.92 Å². The van der Waals surface area contributed by atoms with Crippen molar-refractivity contribution in [2.75, 3.05) is 7.05 Å². The maximum absolute atomic E-state index is 12.4. The molecule has 1 aromatic rings. The summed E-state index contributed by atoms with van der Waals surface area (Å²) >= 11 is 0. The van der Waals surface area contributed by atoms with Crippen LogP contribution in [-0.4, -0.2) is 39.6 Å². The highest BCUT2D eigenvalue weighted by Gasteiger charge is 2.22. The zero-order valence-electron chi connectivity index (χ0n) is 13.6. The largest absolute Gasteiger partial charge is 0.345 e. The SMILES string of the molecule is CCCC(NC(C)=O)C(=O)N(C)Cc1cnn(CC)c1C. The van der Waals surface area contributed by atoms with Gasteiger partial charge >= 0.3 is 0 Å². The molecule has 6 heteroatoms. The van der Waals surface area contributed by atoms with Crippen LogP contribution in [0.2, 0.25) is 0 Å². The molecule has 0 saturated heterocycles. The van der Waals surface area contributed by atoms with Gasteiger partial charge in [-0.15, -0.1) is 0 Å². The summed E-state index contributed by atoms with van der Waals surface area (Å²) in [4.78, 5) is 25.3. The van der Waals surface area contributed by atoms with E-state index in [0.717, 1.165) is 24.2 Å². The lowest BCUT2D eigenvalue weighted by molar-refractivity contribution is -0.135. The number of likely N-dealkylation sites (N-methyl/N-ethyl adjacent to an activating group) is 1. The van der Waals surface area contributed by atoms with Crippen molar-refractivity contribution >= 4 is 11.8 Å². The third-order valence-corrected chi connectivity index (χ3v) is 3.54. The summed E-state index contributed by atoms with van der Waals surface area (Å²) in [7, 11) is 1.76. The lowest BCUT2D eigenvalue weighted by atomic mass is 10.1. The predicted octanol–water partition coefficient (Wildman–Crippen LogP) is 1.47. The van der Waals surface area contributed by atoms with E-state index >= 15 is 0 Å². The molecule has 0 radical (unpaired) electrons. The van der Waals surface area contributed by atoms with E-state index in [9.17, 15) is 9.59 Å². The van der Waals surface area contributed by atoms with Crippen molar-refractivity contribution in [1.82, 2.24) is 20.0 Å². The highest BCUT2D eigenvalue weighted by molar-refractivity contribution is 5.86. The van der Waals surface area contributed by atoms with Crippen LogP contribution in [0.15, 0.2) is 6.20 Å². The van der Waals surface area contributed by atoms with Crippen LogP contribution in [0.1, 0.15) is 44.9 Å².